The second-order valence-electron chi connectivity index (χ2n) is 6.92. The smallest absolute Gasteiger partial charge is 0.115 e. The van der Waals surface area contributed by atoms with Crippen LogP contribution in [0.15, 0.2) is 72.8 Å². The third kappa shape index (κ3) is 4.33. The van der Waals surface area contributed by atoms with E-state index in [0.717, 1.165) is 19.3 Å². The van der Waals surface area contributed by atoms with Gasteiger partial charge in [0.15, 0.2) is 0 Å². The van der Waals surface area contributed by atoms with Crippen molar-refractivity contribution in [2.24, 2.45) is 0 Å². The van der Waals surface area contributed by atoms with Gasteiger partial charge in [-0.2, -0.15) is 0 Å². The molecule has 3 aromatic rings. The molecule has 2 N–H and O–H groups in total. The molecule has 0 aromatic heterocycles. The molecule has 2 nitrogen and oxygen atoms in total. The lowest BCUT2D eigenvalue weighted by atomic mass is 9.70. The Morgan fingerprint density at radius 1 is 0.815 bits per heavy atom. The van der Waals surface area contributed by atoms with E-state index >= 15 is 0 Å². The summed E-state index contributed by atoms with van der Waals surface area (Å²) in [5.41, 5.74) is 5.21. The Morgan fingerprint density at radius 2 is 1.48 bits per heavy atom. The number of aromatic hydroxyl groups is 2. The van der Waals surface area contributed by atoms with E-state index in [1.807, 2.05) is 38.1 Å². The molecule has 1 aliphatic carbocycles. The summed E-state index contributed by atoms with van der Waals surface area (Å²) >= 11 is 0. The first kappa shape index (κ1) is 19.0. The van der Waals surface area contributed by atoms with Crippen molar-refractivity contribution in [2.75, 3.05) is 0 Å². The Balaban J connectivity index is 0.00000102. The highest BCUT2D eigenvalue weighted by Crippen LogP contribution is 2.45. The van der Waals surface area contributed by atoms with Gasteiger partial charge in [0, 0.05) is 0 Å². The lowest BCUT2D eigenvalue weighted by molar-refractivity contribution is 0.453. The van der Waals surface area contributed by atoms with Gasteiger partial charge in [0.2, 0.25) is 0 Å². The number of fused-ring (bicyclic) bond motifs is 1. The highest BCUT2D eigenvalue weighted by molar-refractivity contribution is 5.43. The molecule has 0 saturated heterocycles. The largest absolute Gasteiger partial charge is 0.508 e. The van der Waals surface area contributed by atoms with Crippen LogP contribution in [0, 0.1) is 0 Å². The van der Waals surface area contributed by atoms with E-state index in [0.29, 0.717) is 23.3 Å². The summed E-state index contributed by atoms with van der Waals surface area (Å²) in [6.45, 7) is 4.00. The second kappa shape index (κ2) is 8.77. The zero-order valence-corrected chi connectivity index (χ0v) is 16.1. The fourth-order valence-corrected chi connectivity index (χ4v) is 4.14. The van der Waals surface area contributed by atoms with Crippen molar-refractivity contribution in [3.8, 4) is 11.5 Å². The number of rotatable bonds is 3. The minimum atomic E-state index is 0.310. The van der Waals surface area contributed by atoms with Gasteiger partial charge in [0.25, 0.3) is 0 Å². The number of hydrogen-bond donors (Lipinski definition) is 2. The van der Waals surface area contributed by atoms with Gasteiger partial charge in [0.1, 0.15) is 11.5 Å². The second-order valence-corrected chi connectivity index (χ2v) is 6.92. The Kier molecular flexibility index (Phi) is 6.18. The van der Waals surface area contributed by atoms with Crippen LogP contribution in [0.1, 0.15) is 54.4 Å². The highest BCUT2D eigenvalue weighted by atomic mass is 16.3. The molecule has 0 fully saturated rings. The normalized spacial score (nSPS) is 18.1. The Hall–Kier alpha value is -2.74. The van der Waals surface area contributed by atoms with E-state index in [-0.39, 0.29) is 0 Å². The lowest BCUT2D eigenvalue weighted by Gasteiger charge is -2.34. The molecule has 0 amide bonds. The Morgan fingerprint density at radius 3 is 2.19 bits per heavy atom. The van der Waals surface area contributed by atoms with Crippen molar-refractivity contribution in [1.29, 1.82) is 0 Å². The third-order valence-electron chi connectivity index (χ3n) is 5.36. The van der Waals surface area contributed by atoms with Gasteiger partial charge < -0.3 is 10.2 Å². The number of benzene rings is 3. The molecule has 0 bridgehead atoms. The molecule has 1 aliphatic rings. The summed E-state index contributed by atoms with van der Waals surface area (Å²) in [6, 6.07) is 24.0. The standard InChI is InChI=1S/C23H22O2.C2H6/c24-19-9-6-17(7-10-19)21-12-8-18-15-20(25)11-13-22(18)23(21)14-16-4-2-1-3-5-16;1-2/h1-7,9-11,13,15,21,23-25H,8,12,14H2;1-2H3. The molecule has 2 unspecified atom stereocenters. The summed E-state index contributed by atoms with van der Waals surface area (Å²) in [7, 11) is 0. The minimum Gasteiger partial charge on any atom is -0.508 e. The van der Waals surface area contributed by atoms with Crippen LogP contribution in [0.3, 0.4) is 0 Å². The van der Waals surface area contributed by atoms with Crippen LogP contribution in [0.25, 0.3) is 0 Å². The number of phenols is 2. The van der Waals surface area contributed by atoms with Crippen LogP contribution in [0.2, 0.25) is 0 Å². The Bertz CT molecular complexity index is 853. The van der Waals surface area contributed by atoms with Crippen LogP contribution in [0.4, 0.5) is 0 Å². The fourth-order valence-electron chi connectivity index (χ4n) is 4.14. The number of aryl methyl sites for hydroxylation is 1. The Labute approximate surface area is 162 Å². The predicted octanol–water partition coefficient (Wildman–Crippen LogP) is 6.18. The molecule has 4 rings (SSSR count). The predicted molar refractivity (Wildman–Crippen MR) is 112 cm³/mol. The van der Waals surface area contributed by atoms with E-state index in [1.165, 1.54) is 22.3 Å². The molecule has 2 atom stereocenters. The topological polar surface area (TPSA) is 40.5 Å². The van der Waals surface area contributed by atoms with Gasteiger partial charge >= 0.3 is 0 Å². The van der Waals surface area contributed by atoms with Crippen LogP contribution < -0.4 is 0 Å². The van der Waals surface area contributed by atoms with Crippen LogP contribution >= 0.6 is 0 Å². The summed E-state index contributed by atoms with van der Waals surface area (Å²) in [4.78, 5) is 0. The maximum atomic E-state index is 9.85. The average molecular weight is 360 g/mol. The molecule has 0 spiro atoms. The van der Waals surface area contributed by atoms with Crippen LogP contribution in [-0.2, 0) is 12.8 Å². The van der Waals surface area contributed by atoms with Gasteiger partial charge in [-0.3, -0.25) is 0 Å². The van der Waals surface area contributed by atoms with Gasteiger partial charge in [-0.25, -0.2) is 0 Å². The van der Waals surface area contributed by atoms with E-state index in [1.54, 1.807) is 18.2 Å². The lowest BCUT2D eigenvalue weighted by Crippen LogP contribution is -2.21. The third-order valence-corrected chi connectivity index (χ3v) is 5.36. The van der Waals surface area contributed by atoms with Crippen molar-refractivity contribution in [2.45, 2.75) is 44.9 Å². The molecule has 140 valence electrons. The molecule has 0 saturated carbocycles. The van der Waals surface area contributed by atoms with E-state index in [9.17, 15) is 10.2 Å². The maximum absolute atomic E-state index is 9.85. The van der Waals surface area contributed by atoms with Crippen molar-refractivity contribution >= 4 is 0 Å². The first-order valence-corrected chi connectivity index (χ1v) is 9.85. The van der Waals surface area contributed by atoms with Crippen LogP contribution in [-0.4, -0.2) is 10.2 Å². The van der Waals surface area contributed by atoms with E-state index < -0.39 is 0 Å². The van der Waals surface area contributed by atoms with Crippen molar-refractivity contribution < 1.29 is 10.2 Å². The van der Waals surface area contributed by atoms with E-state index in [4.69, 9.17) is 0 Å². The monoisotopic (exact) mass is 360 g/mol. The van der Waals surface area contributed by atoms with Gasteiger partial charge in [-0.15, -0.1) is 0 Å². The van der Waals surface area contributed by atoms with Crippen LogP contribution in [0.5, 0.6) is 11.5 Å². The van der Waals surface area contributed by atoms with Gasteiger partial charge in [-0.1, -0.05) is 62.4 Å². The SMILES string of the molecule is CC.Oc1ccc(C2CCc3cc(O)ccc3C2Cc2ccccc2)cc1. The van der Waals surface area contributed by atoms with Crippen molar-refractivity contribution in [3.63, 3.8) is 0 Å². The maximum Gasteiger partial charge on any atom is 0.115 e. The molecule has 0 radical (unpaired) electrons. The highest BCUT2D eigenvalue weighted by Gasteiger charge is 2.31. The first-order valence-electron chi connectivity index (χ1n) is 9.85. The average Bonchev–Trinajstić information content (AvgIpc) is 2.71. The zero-order chi connectivity index (χ0) is 19.2. The molecule has 3 aromatic carbocycles. The molecule has 0 heterocycles. The zero-order valence-electron chi connectivity index (χ0n) is 16.1. The van der Waals surface area contributed by atoms with E-state index in [2.05, 4.69) is 30.3 Å². The van der Waals surface area contributed by atoms with Crippen molar-refractivity contribution in [1.82, 2.24) is 0 Å². The number of phenolic OH excluding ortho intramolecular Hbond substituents is 2. The van der Waals surface area contributed by atoms with Crippen molar-refractivity contribution in [3.05, 3.63) is 95.1 Å². The molecule has 27 heavy (non-hydrogen) atoms. The minimum absolute atomic E-state index is 0.310. The summed E-state index contributed by atoms with van der Waals surface area (Å²) in [5.74, 6) is 1.44. The van der Waals surface area contributed by atoms with Gasteiger partial charge in [0.05, 0.1) is 0 Å². The first-order chi connectivity index (χ1) is 13.2. The summed E-state index contributed by atoms with van der Waals surface area (Å²) < 4.78 is 0. The summed E-state index contributed by atoms with van der Waals surface area (Å²) in [5, 5.41) is 19.5. The molecule has 2 heteroatoms. The number of hydrogen-bond acceptors (Lipinski definition) is 2. The molecular weight excluding hydrogens is 332 g/mol. The van der Waals surface area contributed by atoms with Gasteiger partial charge in [-0.05, 0) is 77.6 Å². The summed E-state index contributed by atoms with van der Waals surface area (Å²) in [6.07, 6.45) is 3.00. The molecular formula is C25H28O2. The quantitative estimate of drug-likeness (QED) is 0.585. The fraction of sp³-hybridized carbons (Fsp3) is 0.280. The molecule has 0 aliphatic heterocycles.